The Kier molecular flexibility index (Phi) is 4.22. The van der Waals surface area contributed by atoms with Gasteiger partial charge >= 0.3 is 0 Å². The predicted molar refractivity (Wildman–Crippen MR) is 53.9 cm³/mol. The maximum atomic E-state index is 3.74. The lowest BCUT2D eigenvalue weighted by Gasteiger charge is -1.95. The molecule has 12 heavy (non-hydrogen) atoms. The van der Waals surface area contributed by atoms with E-state index in [2.05, 4.69) is 49.4 Å². The molecule has 1 aromatic carbocycles. The summed E-state index contributed by atoms with van der Waals surface area (Å²) in [6, 6.07) is 10.5. The van der Waals surface area contributed by atoms with Gasteiger partial charge in [0.05, 0.1) is 0 Å². The molecule has 0 unspecified atom stereocenters. The highest BCUT2D eigenvalue weighted by Crippen LogP contribution is 2.02. The van der Waals surface area contributed by atoms with Crippen LogP contribution in [-0.2, 0) is 6.42 Å². The number of allylic oxidation sites excluding steroid dienone is 2. The van der Waals surface area contributed by atoms with E-state index < -0.39 is 0 Å². The minimum atomic E-state index is 0.898. The number of hydrogen-bond acceptors (Lipinski definition) is 0. The Bertz CT molecular complexity index is 221. The molecule has 0 fully saturated rings. The van der Waals surface area contributed by atoms with Gasteiger partial charge in [-0.25, -0.2) is 0 Å². The molecule has 1 radical (unpaired) electrons. The maximum absolute atomic E-state index is 3.74. The summed E-state index contributed by atoms with van der Waals surface area (Å²) in [6.45, 7) is 3.74. The van der Waals surface area contributed by atoms with Crippen molar-refractivity contribution in [2.75, 3.05) is 0 Å². The van der Waals surface area contributed by atoms with E-state index in [0.717, 1.165) is 19.3 Å². The number of hydrogen-bond donors (Lipinski definition) is 0. The molecule has 1 aromatic rings. The molecule has 0 atom stereocenters. The SMILES string of the molecule is [CH2]CC=CCCc1ccccc1. The third-order valence-electron chi connectivity index (χ3n) is 1.78. The summed E-state index contributed by atoms with van der Waals surface area (Å²) in [5.41, 5.74) is 1.41. The van der Waals surface area contributed by atoms with E-state index in [1.807, 2.05) is 0 Å². The van der Waals surface area contributed by atoms with Gasteiger partial charge in [0.15, 0.2) is 0 Å². The van der Waals surface area contributed by atoms with Gasteiger partial charge in [0.1, 0.15) is 0 Å². The molecule has 0 heterocycles. The van der Waals surface area contributed by atoms with Crippen LogP contribution in [0.4, 0.5) is 0 Å². The third kappa shape index (κ3) is 3.38. The summed E-state index contributed by atoms with van der Waals surface area (Å²) in [7, 11) is 0. The summed E-state index contributed by atoms with van der Waals surface area (Å²) >= 11 is 0. The molecule has 0 amide bonds. The number of aryl methyl sites for hydroxylation is 1. The van der Waals surface area contributed by atoms with Crippen molar-refractivity contribution in [3.05, 3.63) is 55.0 Å². The number of rotatable bonds is 4. The highest BCUT2D eigenvalue weighted by atomic mass is 13.9. The topological polar surface area (TPSA) is 0 Å². The highest BCUT2D eigenvalue weighted by molar-refractivity contribution is 5.15. The zero-order valence-electron chi connectivity index (χ0n) is 7.37. The van der Waals surface area contributed by atoms with Crippen LogP contribution in [0, 0.1) is 6.92 Å². The Morgan fingerprint density at radius 3 is 2.50 bits per heavy atom. The van der Waals surface area contributed by atoms with Gasteiger partial charge in [-0.3, -0.25) is 0 Å². The minimum Gasteiger partial charge on any atom is -0.0885 e. The van der Waals surface area contributed by atoms with Crippen molar-refractivity contribution >= 4 is 0 Å². The Hall–Kier alpha value is -1.04. The summed E-state index contributed by atoms with van der Waals surface area (Å²) in [5, 5.41) is 0. The first-order valence-corrected chi connectivity index (χ1v) is 4.41. The lowest BCUT2D eigenvalue weighted by Crippen LogP contribution is -1.80. The molecule has 0 nitrogen and oxygen atoms in total. The van der Waals surface area contributed by atoms with E-state index in [0.29, 0.717) is 0 Å². The maximum Gasteiger partial charge on any atom is -0.0244 e. The van der Waals surface area contributed by atoms with Gasteiger partial charge in [0.25, 0.3) is 0 Å². The Balaban J connectivity index is 2.29. The summed E-state index contributed by atoms with van der Waals surface area (Å²) in [6.07, 6.45) is 7.47. The molecule has 0 spiro atoms. The zero-order chi connectivity index (χ0) is 8.65. The second-order valence-corrected chi connectivity index (χ2v) is 2.78. The first kappa shape index (κ1) is 9.05. The normalized spacial score (nSPS) is 10.8. The summed E-state index contributed by atoms with van der Waals surface area (Å²) in [5.74, 6) is 0. The van der Waals surface area contributed by atoms with Gasteiger partial charge in [-0.1, -0.05) is 42.5 Å². The standard InChI is InChI=1S/C12H15/c1-2-3-4-6-9-12-10-7-5-8-11-12/h3-5,7-8,10-11H,1-2,6,9H2. The Morgan fingerprint density at radius 1 is 1.08 bits per heavy atom. The second-order valence-electron chi connectivity index (χ2n) is 2.78. The van der Waals surface area contributed by atoms with E-state index >= 15 is 0 Å². The first-order chi connectivity index (χ1) is 5.93. The van der Waals surface area contributed by atoms with Crippen LogP contribution >= 0.6 is 0 Å². The van der Waals surface area contributed by atoms with Crippen molar-refractivity contribution in [2.45, 2.75) is 19.3 Å². The second kappa shape index (κ2) is 5.59. The van der Waals surface area contributed by atoms with E-state index in [-0.39, 0.29) is 0 Å². The van der Waals surface area contributed by atoms with Crippen molar-refractivity contribution in [2.24, 2.45) is 0 Å². The predicted octanol–water partition coefficient (Wildman–Crippen LogP) is 3.40. The molecule has 0 bridgehead atoms. The molecular weight excluding hydrogens is 144 g/mol. The largest absolute Gasteiger partial charge is 0.0885 e. The van der Waals surface area contributed by atoms with Crippen molar-refractivity contribution in [3.8, 4) is 0 Å². The fourth-order valence-corrected chi connectivity index (χ4v) is 1.13. The van der Waals surface area contributed by atoms with E-state index in [9.17, 15) is 0 Å². The quantitative estimate of drug-likeness (QED) is 0.591. The van der Waals surface area contributed by atoms with Gasteiger partial charge in [-0.2, -0.15) is 0 Å². The molecule has 0 saturated carbocycles. The molecular formula is C12H15. The summed E-state index contributed by atoms with van der Waals surface area (Å²) in [4.78, 5) is 0. The van der Waals surface area contributed by atoms with Crippen LogP contribution in [0.3, 0.4) is 0 Å². The van der Waals surface area contributed by atoms with Crippen LogP contribution in [0.2, 0.25) is 0 Å². The molecule has 1 rings (SSSR count). The molecule has 0 heteroatoms. The van der Waals surface area contributed by atoms with Crippen LogP contribution in [0.15, 0.2) is 42.5 Å². The van der Waals surface area contributed by atoms with E-state index in [1.54, 1.807) is 0 Å². The van der Waals surface area contributed by atoms with Gasteiger partial charge < -0.3 is 0 Å². The van der Waals surface area contributed by atoms with Gasteiger partial charge in [0, 0.05) is 0 Å². The highest BCUT2D eigenvalue weighted by Gasteiger charge is 1.86. The molecule has 0 aliphatic carbocycles. The number of benzene rings is 1. The van der Waals surface area contributed by atoms with Crippen molar-refractivity contribution in [1.82, 2.24) is 0 Å². The van der Waals surface area contributed by atoms with Crippen LogP contribution in [0.25, 0.3) is 0 Å². The minimum absolute atomic E-state index is 0.898. The molecule has 0 aliphatic rings. The van der Waals surface area contributed by atoms with Crippen molar-refractivity contribution in [1.29, 1.82) is 0 Å². The van der Waals surface area contributed by atoms with Crippen LogP contribution < -0.4 is 0 Å². The van der Waals surface area contributed by atoms with Crippen LogP contribution in [0.5, 0.6) is 0 Å². The average molecular weight is 159 g/mol. The third-order valence-corrected chi connectivity index (χ3v) is 1.78. The summed E-state index contributed by atoms with van der Waals surface area (Å²) < 4.78 is 0. The van der Waals surface area contributed by atoms with Gasteiger partial charge in [-0.15, -0.1) is 0 Å². The fraction of sp³-hybridized carbons (Fsp3) is 0.250. The van der Waals surface area contributed by atoms with E-state index in [1.165, 1.54) is 5.56 Å². The van der Waals surface area contributed by atoms with E-state index in [4.69, 9.17) is 0 Å². The molecule has 63 valence electrons. The zero-order valence-corrected chi connectivity index (χ0v) is 7.37. The molecule has 0 saturated heterocycles. The lowest BCUT2D eigenvalue weighted by atomic mass is 10.1. The van der Waals surface area contributed by atoms with Crippen LogP contribution in [-0.4, -0.2) is 0 Å². The van der Waals surface area contributed by atoms with Crippen molar-refractivity contribution < 1.29 is 0 Å². The van der Waals surface area contributed by atoms with Gasteiger partial charge in [-0.05, 0) is 31.7 Å². The average Bonchev–Trinajstić information content (AvgIpc) is 2.14. The first-order valence-electron chi connectivity index (χ1n) is 4.41. The monoisotopic (exact) mass is 159 g/mol. The lowest BCUT2D eigenvalue weighted by molar-refractivity contribution is 0.996. The van der Waals surface area contributed by atoms with Crippen molar-refractivity contribution in [3.63, 3.8) is 0 Å². The molecule has 0 aliphatic heterocycles. The Labute approximate surface area is 74.9 Å². The smallest absolute Gasteiger partial charge is 0.0244 e. The fourth-order valence-electron chi connectivity index (χ4n) is 1.13. The van der Waals surface area contributed by atoms with Crippen LogP contribution in [0.1, 0.15) is 18.4 Å². The Morgan fingerprint density at radius 2 is 1.83 bits per heavy atom. The molecule has 0 aromatic heterocycles. The van der Waals surface area contributed by atoms with Gasteiger partial charge in [0.2, 0.25) is 0 Å². The molecule has 0 N–H and O–H groups in total.